The molecule has 0 saturated carbocycles. The minimum atomic E-state index is -0.759. The standard InChI is InChI=1S/C19H16N2O4/c1-12-5-3-6-14(9-12)21-18(23)16(17(22)20-19(21)24)11-13(2)10-15-7-4-8-25-15/h3-11H,1-2H3,(H,20,22,24)/b13-10+,16-11+. The first-order valence-corrected chi connectivity index (χ1v) is 7.65. The number of hydrogen-bond acceptors (Lipinski definition) is 4. The van der Waals surface area contributed by atoms with Gasteiger partial charge in [0.25, 0.3) is 11.8 Å². The maximum Gasteiger partial charge on any atom is 0.335 e. The van der Waals surface area contributed by atoms with Gasteiger partial charge in [-0.05, 0) is 61.4 Å². The van der Waals surface area contributed by atoms with Crippen LogP contribution in [0.15, 0.2) is 64.3 Å². The van der Waals surface area contributed by atoms with E-state index in [4.69, 9.17) is 4.42 Å². The van der Waals surface area contributed by atoms with Crippen LogP contribution in [0.1, 0.15) is 18.2 Å². The van der Waals surface area contributed by atoms with E-state index in [-0.39, 0.29) is 5.57 Å². The van der Waals surface area contributed by atoms with Gasteiger partial charge in [0.15, 0.2) is 0 Å². The molecule has 2 heterocycles. The number of hydrogen-bond donors (Lipinski definition) is 1. The molecule has 0 spiro atoms. The largest absolute Gasteiger partial charge is 0.465 e. The Balaban J connectivity index is 1.97. The van der Waals surface area contributed by atoms with E-state index in [2.05, 4.69) is 5.32 Å². The summed E-state index contributed by atoms with van der Waals surface area (Å²) in [6.45, 7) is 3.59. The van der Waals surface area contributed by atoms with Crippen molar-refractivity contribution in [2.75, 3.05) is 4.90 Å². The summed E-state index contributed by atoms with van der Waals surface area (Å²) in [5.74, 6) is -0.776. The van der Waals surface area contributed by atoms with E-state index in [1.807, 2.05) is 13.0 Å². The van der Waals surface area contributed by atoms with Gasteiger partial charge in [-0.15, -0.1) is 0 Å². The van der Waals surface area contributed by atoms with Crippen molar-refractivity contribution in [1.29, 1.82) is 0 Å². The number of carbonyl (C=O) groups is 3. The average Bonchev–Trinajstić information content (AvgIpc) is 3.04. The number of benzene rings is 1. The Labute approximate surface area is 144 Å². The zero-order valence-corrected chi connectivity index (χ0v) is 13.8. The molecule has 0 bridgehead atoms. The molecule has 1 N–H and O–H groups in total. The van der Waals surface area contributed by atoms with Crippen LogP contribution in [0.5, 0.6) is 0 Å². The highest BCUT2D eigenvalue weighted by molar-refractivity contribution is 6.37. The summed E-state index contributed by atoms with van der Waals surface area (Å²) in [6, 6.07) is 9.68. The number of urea groups is 1. The lowest BCUT2D eigenvalue weighted by molar-refractivity contribution is -0.122. The number of imide groups is 2. The topological polar surface area (TPSA) is 79.6 Å². The molecule has 0 aliphatic carbocycles. The fourth-order valence-electron chi connectivity index (χ4n) is 2.53. The molecule has 1 aromatic carbocycles. The van der Waals surface area contributed by atoms with Crippen molar-refractivity contribution in [2.45, 2.75) is 13.8 Å². The molecular formula is C19H16N2O4. The predicted molar refractivity (Wildman–Crippen MR) is 92.6 cm³/mol. The highest BCUT2D eigenvalue weighted by Crippen LogP contribution is 2.22. The Morgan fingerprint density at radius 3 is 2.64 bits per heavy atom. The zero-order valence-electron chi connectivity index (χ0n) is 13.8. The van der Waals surface area contributed by atoms with Crippen LogP contribution in [0.2, 0.25) is 0 Å². The minimum Gasteiger partial charge on any atom is -0.465 e. The van der Waals surface area contributed by atoms with Gasteiger partial charge in [-0.25, -0.2) is 9.69 Å². The second-order valence-corrected chi connectivity index (χ2v) is 5.70. The van der Waals surface area contributed by atoms with Crippen molar-refractivity contribution >= 4 is 29.6 Å². The van der Waals surface area contributed by atoms with Crippen LogP contribution in [-0.2, 0) is 9.59 Å². The molecular weight excluding hydrogens is 320 g/mol. The van der Waals surface area contributed by atoms with Crippen molar-refractivity contribution in [3.8, 4) is 0 Å². The lowest BCUT2D eigenvalue weighted by atomic mass is 10.1. The van der Waals surface area contributed by atoms with Gasteiger partial charge in [-0.2, -0.15) is 0 Å². The van der Waals surface area contributed by atoms with E-state index in [0.717, 1.165) is 10.5 Å². The van der Waals surface area contributed by atoms with Crippen molar-refractivity contribution in [2.24, 2.45) is 0 Å². The Kier molecular flexibility index (Phi) is 4.35. The van der Waals surface area contributed by atoms with Gasteiger partial charge in [0, 0.05) is 0 Å². The van der Waals surface area contributed by atoms with Crippen LogP contribution in [-0.4, -0.2) is 17.8 Å². The molecule has 1 fully saturated rings. The van der Waals surface area contributed by atoms with E-state index >= 15 is 0 Å². The van der Waals surface area contributed by atoms with Crippen LogP contribution < -0.4 is 10.2 Å². The number of anilines is 1. The number of nitrogens with one attached hydrogen (secondary N) is 1. The van der Waals surface area contributed by atoms with Crippen LogP contribution >= 0.6 is 0 Å². The van der Waals surface area contributed by atoms with Crippen molar-refractivity contribution < 1.29 is 18.8 Å². The Morgan fingerprint density at radius 2 is 1.96 bits per heavy atom. The summed E-state index contributed by atoms with van der Waals surface area (Å²) in [5.41, 5.74) is 1.84. The minimum absolute atomic E-state index is 0.110. The number of aryl methyl sites for hydroxylation is 1. The number of barbiturate groups is 1. The normalized spacial score (nSPS) is 17.2. The molecule has 126 valence electrons. The van der Waals surface area contributed by atoms with Gasteiger partial charge in [-0.1, -0.05) is 12.1 Å². The fraction of sp³-hybridized carbons (Fsp3) is 0.105. The van der Waals surface area contributed by atoms with Gasteiger partial charge in [0.2, 0.25) is 0 Å². The van der Waals surface area contributed by atoms with E-state index < -0.39 is 17.8 Å². The van der Waals surface area contributed by atoms with Crippen LogP contribution in [0.3, 0.4) is 0 Å². The summed E-state index contributed by atoms with van der Waals surface area (Å²) >= 11 is 0. The second kappa shape index (κ2) is 6.60. The Hall–Kier alpha value is -3.41. The molecule has 0 radical (unpaired) electrons. The molecule has 4 amide bonds. The van der Waals surface area contributed by atoms with Gasteiger partial charge in [0.05, 0.1) is 12.0 Å². The summed E-state index contributed by atoms with van der Waals surface area (Å²) in [7, 11) is 0. The SMILES string of the molecule is CC(=C\c1ccco1)/C=C1\C(=O)NC(=O)N(c2cccc(C)c2)C1=O. The van der Waals surface area contributed by atoms with E-state index in [1.165, 1.54) is 12.3 Å². The molecule has 0 atom stereocenters. The van der Waals surface area contributed by atoms with E-state index in [0.29, 0.717) is 17.0 Å². The van der Waals surface area contributed by atoms with Crippen molar-refractivity contribution in [1.82, 2.24) is 5.32 Å². The number of furan rings is 1. The highest BCUT2D eigenvalue weighted by Gasteiger charge is 2.36. The van der Waals surface area contributed by atoms with Crippen molar-refractivity contribution in [3.05, 3.63) is 71.2 Å². The zero-order chi connectivity index (χ0) is 18.0. The molecule has 1 saturated heterocycles. The Morgan fingerprint density at radius 1 is 1.16 bits per heavy atom. The molecule has 6 nitrogen and oxygen atoms in total. The van der Waals surface area contributed by atoms with Gasteiger partial charge < -0.3 is 4.42 Å². The first kappa shape index (κ1) is 16.4. The lowest BCUT2D eigenvalue weighted by Gasteiger charge is -2.26. The van der Waals surface area contributed by atoms with Crippen LogP contribution in [0, 0.1) is 6.92 Å². The quantitative estimate of drug-likeness (QED) is 0.689. The molecule has 2 aromatic rings. The van der Waals surface area contributed by atoms with Gasteiger partial charge >= 0.3 is 6.03 Å². The first-order valence-electron chi connectivity index (χ1n) is 7.65. The van der Waals surface area contributed by atoms with Gasteiger partial charge in [-0.3, -0.25) is 14.9 Å². The van der Waals surface area contributed by atoms with E-state index in [9.17, 15) is 14.4 Å². The molecule has 3 rings (SSSR count). The third-order valence-electron chi connectivity index (χ3n) is 3.65. The summed E-state index contributed by atoms with van der Waals surface area (Å²) < 4.78 is 5.21. The third kappa shape index (κ3) is 3.42. The first-order chi connectivity index (χ1) is 12.0. The summed E-state index contributed by atoms with van der Waals surface area (Å²) in [5, 5.41) is 2.20. The number of allylic oxidation sites excluding steroid dienone is 2. The Bertz CT molecular complexity index is 907. The smallest absolute Gasteiger partial charge is 0.335 e. The molecule has 1 aliphatic rings. The molecule has 6 heteroatoms. The monoisotopic (exact) mass is 336 g/mol. The average molecular weight is 336 g/mol. The fourth-order valence-corrected chi connectivity index (χ4v) is 2.53. The van der Waals surface area contributed by atoms with Crippen LogP contribution in [0.4, 0.5) is 10.5 Å². The number of nitrogens with zero attached hydrogens (tertiary/aromatic N) is 1. The lowest BCUT2D eigenvalue weighted by Crippen LogP contribution is -2.54. The summed E-state index contributed by atoms with van der Waals surface area (Å²) in [6.07, 6.45) is 4.67. The van der Waals surface area contributed by atoms with Crippen LogP contribution in [0.25, 0.3) is 6.08 Å². The number of amides is 4. The molecule has 25 heavy (non-hydrogen) atoms. The number of carbonyl (C=O) groups excluding carboxylic acids is 3. The molecule has 1 aliphatic heterocycles. The van der Waals surface area contributed by atoms with Gasteiger partial charge in [0.1, 0.15) is 11.3 Å². The number of rotatable bonds is 3. The van der Waals surface area contributed by atoms with Crippen molar-refractivity contribution in [3.63, 3.8) is 0 Å². The molecule has 0 unspecified atom stereocenters. The predicted octanol–water partition coefficient (Wildman–Crippen LogP) is 3.20. The van der Waals surface area contributed by atoms with E-state index in [1.54, 1.807) is 43.3 Å². The summed E-state index contributed by atoms with van der Waals surface area (Å²) in [4.78, 5) is 37.9. The highest BCUT2D eigenvalue weighted by atomic mass is 16.3. The second-order valence-electron chi connectivity index (χ2n) is 5.70. The maximum atomic E-state index is 12.7. The molecule has 1 aromatic heterocycles. The third-order valence-corrected chi connectivity index (χ3v) is 3.65. The maximum absolute atomic E-state index is 12.7.